The van der Waals surface area contributed by atoms with Crippen LogP contribution in [0.3, 0.4) is 0 Å². The molecular weight excluding hydrogens is 672 g/mol. The monoisotopic (exact) mass is 720 g/mol. The van der Waals surface area contributed by atoms with E-state index in [4.69, 9.17) is 5.73 Å². The number of hydrogen-bond donors (Lipinski definition) is 3. The van der Waals surface area contributed by atoms with E-state index in [2.05, 4.69) is 78.1 Å². The van der Waals surface area contributed by atoms with Gasteiger partial charge in [-0.1, -0.05) is 80.2 Å². The fourth-order valence-electron chi connectivity index (χ4n) is 7.25. The SMILES string of the molecule is C=C(c1ccc(C(C)N)cc1)C(C)Cc1ccc(-c2cc3ccc(S(=O)(=O)NC4CCC(C(=O)NC(C)c5ccc(F)cc5)CC4)cc3n2C)cc1. The second kappa shape index (κ2) is 15.6. The normalized spacial score (nSPS) is 18.1. The molecule has 1 aliphatic carbocycles. The Morgan fingerprint density at radius 1 is 0.885 bits per heavy atom. The van der Waals surface area contributed by atoms with Crippen LogP contribution in [0.1, 0.15) is 80.8 Å². The summed E-state index contributed by atoms with van der Waals surface area (Å²) in [6, 6.07) is 29.9. The number of nitrogens with zero attached hydrogens (tertiary/aromatic N) is 1. The van der Waals surface area contributed by atoms with E-state index in [1.165, 1.54) is 17.7 Å². The first-order chi connectivity index (χ1) is 24.8. The lowest BCUT2D eigenvalue weighted by molar-refractivity contribution is -0.126. The van der Waals surface area contributed by atoms with Gasteiger partial charge in [-0.3, -0.25) is 4.79 Å². The van der Waals surface area contributed by atoms with E-state index in [0.29, 0.717) is 25.7 Å². The van der Waals surface area contributed by atoms with Gasteiger partial charge in [-0.2, -0.15) is 0 Å². The molecule has 6 rings (SSSR count). The fraction of sp³-hybridized carbons (Fsp3) is 0.326. The average molecular weight is 721 g/mol. The first-order valence-electron chi connectivity index (χ1n) is 18.1. The van der Waals surface area contributed by atoms with E-state index in [1.807, 2.05) is 31.5 Å². The lowest BCUT2D eigenvalue weighted by atomic mass is 9.85. The van der Waals surface area contributed by atoms with Crippen LogP contribution >= 0.6 is 0 Å². The Morgan fingerprint density at radius 3 is 2.15 bits per heavy atom. The van der Waals surface area contributed by atoms with Crippen LogP contribution in [0.2, 0.25) is 0 Å². The van der Waals surface area contributed by atoms with Crippen molar-refractivity contribution in [1.82, 2.24) is 14.6 Å². The molecule has 0 spiro atoms. The zero-order valence-corrected chi connectivity index (χ0v) is 31.2. The van der Waals surface area contributed by atoms with Gasteiger partial charge >= 0.3 is 0 Å². The molecule has 1 heterocycles. The summed E-state index contributed by atoms with van der Waals surface area (Å²) in [6.07, 6.45) is 3.18. The minimum atomic E-state index is -3.78. The number of carbonyl (C=O) groups excluding carboxylic acids is 1. The molecule has 0 saturated heterocycles. The largest absolute Gasteiger partial charge is 0.349 e. The average Bonchev–Trinajstić information content (AvgIpc) is 3.47. The summed E-state index contributed by atoms with van der Waals surface area (Å²) in [7, 11) is -1.82. The van der Waals surface area contributed by atoms with Crippen LogP contribution in [0, 0.1) is 17.7 Å². The maximum absolute atomic E-state index is 13.5. The van der Waals surface area contributed by atoms with Crippen molar-refractivity contribution in [3.63, 3.8) is 0 Å². The third-order valence-corrected chi connectivity index (χ3v) is 12.2. The van der Waals surface area contributed by atoms with Gasteiger partial charge in [-0.15, -0.1) is 0 Å². The summed E-state index contributed by atoms with van der Waals surface area (Å²) in [5.41, 5.74) is 14.3. The molecule has 9 heteroatoms. The molecule has 3 unspecified atom stereocenters. The highest BCUT2D eigenvalue weighted by Crippen LogP contribution is 2.32. The van der Waals surface area contributed by atoms with Crippen LogP contribution < -0.4 is 15.8 Å². The predicted octanol–water partition coefficient (Wildman–Crippen LogP) is 8.61. The van der Waals surface area contributed by atoms with Gasteiger partial charge < -0.3 is 15.6 Å². The first-order valence-corrected chi connectivity index (χ1v) is 19.6. The molecule has 0 radical (unpaired) electrons. The molecule has 1 aromatic heterocycles. The summed E-state index contributed by atoms with van der Waals surface area (Å²) >= 11 is 0. The zero-order chi connectivity index (χ0) is 37.2. The summed E-state index contributed by atoms with van der Waals surface area (Å²) in [5, 5.41) is 3.99. The van der Waals surface area contributed by atoms with Crippen molar-refractivity contribution in [3.05, 3.63) is 132 Å². The number of amides is 1. The minimum Gasteiger partial charge on any atom is -0.349 e. The molecule has 1 aliphatic rings. The highest BCUT2D eigenvalue weighted by atomic mass is 32.2. The fourth-order valence-corrected chi connectivity index (χ4v) is 8.58. The van der Waals surface area contributed by atoms with E-state index in [1.54, 1.807) is 24.3 Å². The number of nitrogens with two attached hydrogens (primary N) is 1. The van der Waals surface area contributed by atoms with E-state index >= 15 is 0 Å². The smallest absolute Gasteiger partial charge is 0.240 e. The molecular formula is C43H49FN4O3S. The molecule has 1 fully saturated rings. The predicted molar refractivity (Wildman–Crippen MR) is 208 cm³/mol. The molecule has 0 bridgehead atoms. The van der Waals surface area contributed by atoms with Crippen LogP contribution in [0.5, 0.6) is 0 Å². The van der Waals surface area contributed by atoms with Gasteiger partial charge in [-0.05, 0) is 116 Å². The highest BCUT2D eigenvalue weighted by Gasteiger charge is 2.30. The second-order valence-electron chi connectivity index (χ2n) is 14.5. The van der Waals surface area contributed by atoms with Crippen molar-refractivity contribution in [1.29, 1.82) is 0 Å². The maximum atomic E-state index is 13.5. The Kier molecular flexibility index (Phi) is 11.1. The number of carbonyl (C=O) groups is 1. The Labute approximate surface area is 307 Å². The van der Waals surface area contributed by atoms with Crippen molar-refractivity contribution in [2.24, 2.45) is 24.6 Å². The molecule has 3 atom stereocenters. The molecule has 7 nitrogen and oxygen atoms in total. The van der Waals surface area contributed by atoms with Gasteiger partial charge in [0.05, 0.1) is 10.9 Å². The Bertz CT molecular complexity index is 2150. The van der Waals surface area contributed by atoms with Crippen molar-refractivity contribution in [3.8, 4) is 11.3 Å². The van der Waals surface area contributed by atoms with Crippen LogP contribution in [0.25, 0.3) is 27.7 Å². The van der Waals surface area contributed by atoms with Gasteiger partial charge in [0, 0.05) is 41.6 Å². The number of halogens is 1. The van der Waals surface area contributed by atoms with Gasteiger partial charge in [0.15, 0.2) is 0 Å². The summed E-state index contributed by atoms with van der Waals surface area (Å²) in [5.74, 6) is -0.306. The Morgan fingerprint density at radius 2 is 1.52 bits per heavy atom. The third kappa shape index (κ3) is 8.38. The lowest BCUT2D eigenvalue weighted by Crippen LogP contribution is -2.41. The topological polar surface area (TPSA) is 106 Å². The Balaban J connectivity index is 1.06. The summed E-state index contributed by atoms with van der Waals surface area (Å²) in [6.45, 7) is 10.4. The van der Waals surface area contributed by atoms with E-state index < -0.39 is 10.0 Å². The number of hydrogen-bond acceptors (Lipinski definition) is 4. The molecule has 1 amide bonds. The number of fused-ring (bicyclic) bond motifs is 1. The van der Waals surface area contributed by atoms with Crippen molar-refractivity contribution < 1.29 is 17.6 Å². The first kappa shape index (κ1) is 37.2. The third-order valence-electron chi connectivity index (χ3n) is 10.7. The molecule has 4 N–H and O–H groups in total. The van der Waals surface area contributed by atoms with E-state index in [-0.39, 0.29) is 46.6 Å². The molecule has 5 aromatic rings. The number of aryl methyl sites for hydroxylation is 1. The number of nitrogens with one attached hydrogen (secondary N) is 2. The van der Waals surface area contributed by atoms with Gasteiger partial charge in [0.2, 0.25) is 15.9 Å². The maximum Gasteiger partial charge on any atom is 0.240 e. The molecule has 0 aliphatic heterocycles. The summed E-state index contributed by atoms with van der Waals surface area (Å²) < 4.78 is 45.3. The van der Waals surface area contributed by atoms with Crippen LogP contribution in [-0.2, 0) is 28.3 Å². The van der Waals surface area contributed by atoms with Crippen molar-refractivity contribution >= 4 is 32.4 Å². The number of aromatic nitrogens is 1. The summed E-state index contributed by atoms with van der Waals surface area (Å²) in [4.78, 5) is 13.2. The minimum absolute atomic E-state index is 0.00314. The van der Waals surface area contributed by atoms with E-state index in [0.717, 1.165) is 50.8 Å². The van der Waals surface area contributed by atoms with Crippen LogP contribution in [0.4, 0.5) is 4.39 Å². The van der Waals surface area contributed by atoms with E-state index in [9.17, 15) is 17.6 Å². The molecule has 4 aromatic carbocycles. The van der Waals surface area contributed by atoms with Crippen molar-refractivity contribution in [2.45, 2.75) is 75.9 Å². The number of sulfonamides is 1. The number of rotatable bonds is 12. The van der Waals surface area contributed by atoms with Gasteiger partial charge in [0.1, 0.15) is 5.82 Å². The second-order valence-corrected chi connectivity index (χ2v) is 16.2. The highest BCUT2D eigenvalue weighted by molar-refractivity contribution is 7.89. The molecule has 272 valence electrons. The Hall–Kier alpha value is -4.57. The van der Waals surface area contributed by atoms with Crippen LogP contribution in [0.15, 0.2) is 109 Å². The standard InChI is InChI=1S/C43H49FN4O3S/c1-27(28(2)32-10-12-33(13-11-32)29(3)45)24-31-6-8-35(9-7-31)41-25-37-18-23-40(26-42(37)48(41)5)52(50,51)47-39-21-16-36(17-22-39)43(49)46-30(4)34-14-19-38(44)20-15-34/h6-15,18-20,23,25-27,29-30,36,39,47H,2,16-17,21-22,24,45H2,1,3-5H3,(H,46,49). The number of allylic oxidation sites excluding steroid dienone is 1. The lowest BCUT2D eigenvalue weighted by Gasteiger charge is -2.29. The van der Waals surface area contributed by atoms with Crippen LogP contribution in [-0.4, -0.2) is 24.9 Å². The zero-order valence-electron chi connectivity index (χ0n) is 30.4. The molecule has 1 saturated carbocycles. The van der Waals surface area contributed by atoms with Gasteiger partial charge in [0.25, 0.3) is 0 Å². The number of benzene rings is 4. The molecule has 52 heavy (non-hydrogen) atoms. The van der Waals surface area contributed by atoms with Gasteiger partial charge in [-0.25, -0.2) is 17.5 Å². The quantitative estimate of drug-likeness (QED) is 0.120. The van der Waals surface area contributed by atoms with Crippen molar-refractivity contribution in [2.75, 3.05) is 0 Å².